The van der Waals surface area contributed by atoms with E-state index in [9.17, 15) is 4.39 Å². The van der Waals surface area contributed by atoms with E-state index in [1.54, 1.807) is 6.07 Å². The van der Waals surface area contributed by atoms with Crippen LogP contribution < -0.4 is 4.90 Å². The zero-order valence-electron chi connectivity index (χ0n) is 10.9. The van der Waals surface area contributed by atoms with Gasteiger partial charge in [-0.2, -0.15) is 0 Å². The van der Waals surface area contributed by atoms with Gasteiger partial charge in [-0.25, -0.2) is 9.37 Å². The zero-order chi connectivity index (χ0) is 14.1. The highest BCUT2D eigenvalue weighted by Gasteiger charge is 2.16. The van der Waals surface area contributed by atoms with E-state index in [1.165, 1.54) is 12.1 Å². The summed E-state index contributed by atoms with van der Waals surface area (Å²) in [5.74, 6) is 0.567. The van der Waals surface area contributed by atoms with Crippen LogP contribution in [0, 0.1) is 5.82 Å². The van der Waals surface area contributed by atoms with Crippen LogP contribution in [0.25, 0.3) is 5.65 Å². The van der Waals surface area contributed by atoms with Crippen LogP contribution in [0.3, 0.4) is 0 Å². The topological polar surface area (TPSA) is 20.5 Å². The highest BCUT2D eigenvalue weighted by atomic mass is 79.9. The van der Waals surface area contributed by atoms with E-state index in [0.717, 1.165) is 22.8 Å². The maximum Gasteiger partial charge on any atom is 0.156 e. The average molecular weight is 334 g/mol. The van der Waals surface area contributed by atoms with Gasteiger partial charge in [-0.05, 0) is 30.3 Å². The van der Waals surface area contributed by atoms with Gasteiger partial charge in [-0.15, -0.1) is 0 Å². The van der Waals surface area contributed by atoms with E-state index in [4.69, 9.17) is 0 Å². The molecule has 1 aromatic carbocycles. The van der Waals surface area contributed by atoms with Gasteiger partial charge in [0.25, 0.3) is 0 Å². The molecule has 20 heavy (non-hydrogen) atoms. The van der Waals surface area contributed by atoms with E-state index < -0.39 is 0 Å². The van der Waals surface area contributed by atoms with Crippen LogP contribution in [0.4, 0.5) is 15.9 Å². The number of anilines is 2. The van der Waals surface area contributed by atoms with Gasteiger partial charge in [0.15, 0.2) is 5.82 Å². The molecule has 0 atom stereocenters. The van der Waals surface area contributed by atoms with Crippen molar-refractivity contribution < 1.29 is 4.39 Å². The van der Waals surface area contributed by atoms with E-state index >= 15 is 0 Å². The van der Waals surface area contributed by atoms with Crippen LogP contribution in [-0.2, 0) is 5.33 Å². The summed E-state index contributed by atoms with van der Waals surface area (Å²) in [6.07, 6.45) is 1.97. The number of nitrogens with zero attached hydrogens (tertiary/aromatic N) is 3. The number of hydrogen-bond acceptors (Lipinski definition) is 2. The molecule has 3 rings (SSSR count). The predicted molar refractivity (Wildman–Crippen MR) is 82.3 cm³/mol. The quantitative estimate of drug-likeness (QED) is 0.671. The molecule has 0 fully saturated rings. The Balaban J connectivity index is 2.14. The van der Waals surface area contributed by atoms with Crippen molar-refractivity contribution >= 4 is 33.1 Å². The molecule has 0 aliphatic rings. The molecule has 3 nitrogen and oxygen atoms in total. The summed E-state index contributed by atoms with van der Waals surface area (Å²) in [5.41, 5.74) is 2.68. The Bertz CT molecular complexity index is 754. The van der Waals surface area contributed by atoms with Crippen LogP contribution in [0.2, 0.25) is 0 Å². The first-order chi connectivity index (χ1) is 9.70. The molecule has 2 heterocycles. The fourth-order valence-corrected chi connectivity index (χ4v) is 2.75. The second-order valence-corrected chi connectivity index (χ2v) is 5.04. The van der Waals surface area contributed by atoms with Crippen molar-refractivity contribution in [1.82, 2.24) is 9.38 Å². The minimum absolute atomic E-state index is 0.251. The van der Waals surface area contributed by atoms with E-state index in [-0.39, 0.29) is 5.82 Å². The Hall–Kier alpha value is -1.88. The summed E-state index contributed by atoms with van der Waals surface area (Å²) in [6.45, 7) is 0. The van der Waals surface area contributed by atoms with Gasteiger partial charge in [-0.1, -0.05) is 28.1 Å². The van der Waals surface area contributed by atoms with Crippen molar-refractivity contribution in [2.45, 2.75) is 5.33 Å². The minimum atomic E-state index is -0.251. The Morgan fingerprint density at radius 3 is 2.85 bits per heavy atom. The molecule has 0 bridgehead atoms. The number of halogens is 2. The number of imidazole rings is 1. The van der Waals surface area contributed by atoms with Gasteiger partial charge in [0.1, 0.15) is 11.5 Å². The summed E-state index contributed by atoms with van der Waals surface area (Å²) < 4.78 is 15.4. The van der Waals surface area contributed by atoms with Crippen molar-refractivity contribution in [3.63, 3.8) is 0 Å². The Morgan fingerprint density at radius 2 is 2.10 bits per heavy atom. The standard InChI is InChI=1S/C15H13BrFN3/c1-19(12-6-4-5-11(17)9-12)15-13(10-16)20-8-3-2-7-14(20)18-15/h2-9H,10H2,1H3. The van der Waals surface area contributed by atoms with Gasteiger partial charge in [0.05, 0.1) is 5.69 Å². The zero-order valence-corrected chi connectivity index (χ0v) is 12.5. The van der Waals surface area contributed by atoms with Crippen molar-refractivity contribution in [1.29, 1.82) is 0 Å². The molecule has 3 aromatic rings. The number of benzene rings is 1. The highest BCUT2D eigenvalue weighted by Crippen LogP contribution is 2.29. The molecule has 0 saturated carbocycles. The molecule has 102 valence electrons. The lowest BCUT2D eigenvalue weighted by Gasteiger charge is -2.18. The molecule has 0 spiro atoms. The molecule has 0 radical (unpaired) electrons. The Morgan fingerprint density at radius 1 is 1.25 bits per heavy atom. The molecule has 0 saturated heterocycles. The first kappa shape index (κ1) is 13.1. The molecule has 0 unspecified atom stereocenters. The van der Waals surface area contributed by atoms with Gasteiger partial charge in [0, 0.05) is 24.3 Å². The second-order valence-electron chi connectivity index (χ2n) is 4.48. The monoisotopic (exact) mass is 333 g/mol. The average Bonchev–Trinajstić information content (AvgIpc) is 2.85. The Labute approximate surface area is 124 Å². The number of aromatic nitrogens is 2. The summed E-state index contributed by atoms with van der Waals surface area (Å²) in [4.78, 5) is 6.52. The Kier molecular flexibility index (Phi) is 3.44. The summed E-state index contributed by atoms with van der Waals surface area (Å²) >= 11 is 3.50. The maximum absolute atomic E-state index is 13.4. The lowest BCUT2D eigenvalue weighted by molar-refractivity contribution is 0.628. The number of hydrogen-bond donors (Lipinski definition) is 0. The molecule has 2 aromatic heterocycles. The number of rotatable bonds is 3. The van der Waals surface area contributed by atoms with Crippen molar-refractivity contribution in [2.75, 3.05) is 11.9 Å². The predicted octanol–water partition coefficient (Wildman–Crippen LogP) is 4.14. The van der Waals surface area contributed by atoms with E-state index in [1.807, 2.05) is 46.8 Å². The summed E-state index contributed by atoms with van der Waals surface area (Å²) in [7, 11) is 1.89. The third-order valence-electron chi connectivity index (χ3n) is 3.25. The molecule has 0 amide bonds. The maximum atomic E-state index is 13.4. The molecule has 5 heteroatoms. The molecular weight excluding hydrogens is 321 g/mol. The van der Waals surface area contributed by atoms with Gasteiger partial charge < -0.3 is 9.30 Å². The van der Waals surface area contributed by atoms with Crippen LogP contribution in [0.15, 0.2) is 48.7 Å². The molecule has 0 aliphatic carbocycles. The van der Waals surface area contributed by atoms with Crippen LogP contribution in [0.5, 0.6) is 0 Å². The first-order valence-corrected chi connectivity index (χ1v) is 7.34. The SMILES string of the molecule is CN(c1cccc(F)c1)c1nc2ccccn2c1CBr. The minimum Gasteiger partial charge on any atom is -0.328 e. The number of pyridine rings is 1. The van der Waals surface area contributed by atoms with E-state index in [2.05, 4.69) is 20.9 Å². The lowest BCUT2D eigenvalue weighted by atomic mass is 10.3. The number of alkyl halides is 1. The molecular formula is C15H13BrFN3. The van der Waals surface area contributed by atoms with Gasteiger partial charge >= 0.3 is 0 Å². The highest BCUT2D eigenvalue weighted by molar-refractivity contribution is 9.08. The van der Waals surface area contributed by atoms with Crippen LogP contribution in [0.1, 0.15) is 5.69 Å². The van der Waals surface area contributed by atoms with Crippen molar-refractivity contribution in [3.05, 3.63) is 60.2 Å². The lowest BCUT2D eigenvalue weighted by Crippen LogP contribution is -2.12. The fraction of sp³-hybridized carbons (Fsp3) is 0.133. The summed E-state index contributed by atoms with van der Waals surface area (Å²) in [5, 5.41) is 0.674. The summed E-state index contributed by atoms with van der Waals surface area (Å²) in [6, 6.07) is 12.4. The molecule has 0 N–H and O–H groups in total. The third kappa shape index (κ3) is 2.18. The fourth-order valence-electron chi connectivity index (χ4n) is 2.23. The second kappa shape index (κ2) is 5.25. The normalized spacial score (nSPS) is 10.9. The van der Waals surface area contributed by atoms with Gasteiger partial charge in [-0.3, -0.25) is 0 Å². The first-order valence-electron chi connectivity index (χ1n) is 6.22. The third-order valence-corrected chi connectivity index (χ3v) is 3.78. The number of fused-ring (bicyclic) bond motifs is 1. The van der Waals surface area contributed by atoms with Crippen molar-refractivity contribution in [2.24, 2.45) is 0 Å². The van der Waals surface area contributed by atoms with E-state index in [0.29, 0.717) is 5.33 Å². The largest absolute Gasteiger partial charge is 0.328 e. The van der Waals surface area contributed by atoms with Crippen LogP contribution in [-0.4, -0.2) is 16.4 Å². The van der Waals surface area contributed by atoms with Gasteiger partial charge in [0.2, 0.25) is 0 Å². The van der Waals surface area contributed by atoms with Crippen LogP contribution >= 0.6 is 15.9 Å². The molecule has 0 aliphatic heterocycles. The smallest absolute Gasteiger partial charge is 0.156 e. The van der Waals surface area contributed by atoms with Crippen molar-refractivity contribution in [3.8, 4) is 0 Å².